The first-order valence-electron chi connectivity index (χ1n) is 8.85. The minimum atomic E-state index is -1.39. The Kier molecular flexibility index (Phi) is 7.11. The molecule has 2 aliphatic heterocycles. The van der Waals surface area contributed by atoms with Crippen LogP contribution in [-0.2, 0) is 24.0 Å². The molecular weight excluding hydrogens is 360 g/mol. The quantitative estimate of drug-likeness (QED) is 0.317. The minimum Gasteiger partial charge on any atom is -0.481 e. The summed E-state index contributed by atoms with van der Waals surface area (Å²) in [4.78, 5) is 59.9. The first kappa shape index (κ1) is 20.6. The summed E-state index contributed by atoms with van der Waals surface area (Å²) in [7, 11) is 0. The number of nitrogens with one attached hydrogen (secondary N) is 3. The molecule has 27 heavy (non-hydrogen) atoms. The largest absolute Gasteiger partial charge is 0.481 e. The third-order valence-electron chi connectivity index (χ3n) is 4.63. The number of nitrogens with zero attached hydrogens (tertiary/aromatic N) is 1. The first-order chi connectivity index (χ1) is 12.8. The van der Waals surface area contributed by atoms with Gasteiger partial charge in [-0.1, -0.05) is 0 Å². The number of hydrogen-bond acceptors (Lipinski definition) is 6. The number of carbonyl (C=O) groups is 5. The van der Waals surface area contributed by atoms with Gasteiger partial charge in [-0.3, -0.25) is 19.2 Å². The van der Waals surface area contributed by atoms with E-state index in [-0.39, 0.29) is 24.9 Å². The molecule has 2 heterocycles. The van der Waals surface area contributed by atoms with Gasteiger partial charge < -0.3 is 31.1 Å². The molecule has 5 N–H and O–H groups in total. The Morgan fingerprint density at radius 3 is 2.44 bits per heavy atom. The molecule has 3 amide bonds. The fourth-order valence-corrected chi connectivity index (χ4v) is 3.31. The molecule has 0 aromatic heterocycles. The predicted octanol–water partition coefficient (Wildman–Crippen LogP) is -2.11. The molecule has 0 bridgehead atoms. The van der Waals surface area contributed by atoms with Gasteiger partial charge in [-0.15, -0.1) is 0 Å². The van der Waals surface area contributed by atoms with Gasteiger partial charge in [0.2, 0.25) is 17.7 Å². The topological polar surface area (TPSA) is 165 Å². The maximum Gasteiger partial charge on any atom is 0.326 e. The summed E-state index contributed by atoms with van der Waals surface area (Å²) in [5.74, 6) is -4.28. The van der Waals surface area contributed by atoms with E-state index >= 15 is 0 Å². The summed E-state index contributed by atoms with van der Waals surface area (Å²) >= 11 is 0. The Hall–Kier alpha value is -2.69. The van der Waals surface area contributed by atoms with Crippen molar-refractivity contribution in [2.45, 2.75) is 50.2 Å². The molecule has 0 spiro atoms. The van der Waals surface area contributed by atoms with E-state index in [4.69, 9.17) is 5.11 Å². The van der Waals surface area contributed by atoms with Crippen LogP contribution in [0.5, 0.6) is 0 Å². The average molecular weight is 384 g/mol. The Morgan fingerprint density at radius 2 is 1.85 bits per heavy atom. The van der Waals surface area contributed by atoms with E-state index in [1.165, 1.54) is 0 Å². The lowest BCUT2D eigenvalue weighted by Gasteiger charge is -2.26. The Labute approximate surface area is 155 Å². The molecule has 2 aliphatic rings. The second-order valence-electron chi connectivity index (χ2n) is 6.61. The van der Waals surface area contributed by atoms with Crippen LogP contribution in [0.1, 0.15) is 32.1 Å². The van der Waals surface area contributed by atoms with Gasteiger partial charge >= 0.3 is 11.9 Å². The molecule has 3 unspecified atom stereocenters. The molecule has 2 fully saturated rings. The first-order valence-corrected chi connectivity index (χ1v) is 8.85. The highest BCUT2D eigenvalue weighted by Crippen LogP contribution is 2.19. The lowest BCUT2D eigenvalue weighted by Crippen LogP contribution is -2.54. The van der Waals surface area contributed by atoms with Crippen LogP contribution in [0.4, 0.5) is 0 Å². The van der Waals surface area contributed by atoms with Crippen LogP contribution in [0, 0.1) is 0 Å². The van der Waals surface area contributed by atoms with E-state index in [1.54, 1.807) is 0 Å². The molecule has 3 atom stereocenters. The van der Waals surface area contributed by atoms with Crippen molar-refractivity contribution in [3.05, 3.63) is 0 Å². The molecule has 0 aromatic carbocycles. The number of carbonyl (C=O) groups excluding carboxylic acids is 3. The summed E-state index contributed by atoms with van der Waals surface area (Å²) in [5.41, 5.74) is 0. The fraction of sp³-hybridized carbons (Fsp3) is 0.688. The minimum absolute atomic E-state index is 0.186. The molecule has 0 radical (unpaired) electrons. The van der Waals surface area contributed by atoms with Crippen LogP contribution >= 0.6 is 0 Å². The van der Waals surface area contributed by atoms with Crippen LogP contribution in [0.25, 0.3) is 0 Å². The van der Waals surface area contributed by atoms with E-state index in [0.717, 1.165) is 17.9 Å². The molecule has 11 nitrogen and oxygen atoms in total. The predicted molar refractivity (Wildman–Crippen MR) is 90.6 cm³/mol. The van der Waals surface area contributed by atoms with E-state index in [2.05, 4.69) is 16.0 Å². The number of rotatable bonds is 8. The van der Waals surface area contributed by atoms with Gasteiger partial charge in [-0.25, -0.2) is 4.79 Å². The molecule has 0 aliphatic carbocycles. The van der Waals surface area contributed by atoms with Gasteiger partial charge in [0.05, 0.1) is 19.0 Å². The molecule has 150 valence electrons. The third kappa shape index (κ3) is 5.64. The Balaban J connectivity index is 1.93. The van der Waals surface area contributed by atoms with Crippen molar-refractivity contribution in [2.75, 3.05) is 19.6 Å². The molecule has 11 heteroatoms. The van der Waals surface area contributed by atoms with E-state index < -0.39 is 48.8 Å². The average Bonchev–Trinajstić information content (AvgIpc) is 3.29. The van der Waals surface area contributed by atoms with Crippen molar-refractivity contribution in [1.29, 1.82) is 0 Å². The maximum absolute atomic E-state index is 12.6. The zero-order valence-corrected chi connectivity index (χ0v) is 14.8. The van der Waals surface area contributed by atoms with E-state index in [0.29, 0.717) is 12.8 Å². The zero-order chi connectivity index (χ0) is 20.0. The second-order valence-corrected chi connectivity index (χ2v) is 6.61. The normalized spacial score (nSPS) is 22.9. The number of hydrogen-bond donors (Lipinski definition) is 5. The lowest BCUT2D eigenvalue weighted by atomic mass is 10.1. The summed E-state index contributed by atoms with van der Waals surface area (Å²) in [6.45, 7) is 0.509. The van der Waals surface area contributed by atoms with Crippen molar-refractivity contribution in [2.24, 2.45) is 0 Å². The zero-order valence-electron chi connectivity index (χ0n) is 14.8. The van der Waals surface area contributed by atoms with Gasteiger partial charge in [-0.2, -0.15) is 0 Å². The van der Waals surface area contributed by atoms with Crippen molar-refractivity contribution < 1.29 is 34.2 Å². The second kappa shape index (κ2) is 9.31. The van der Waals surface area contributed by atoms with Crippen LogP contribution < -0.4 is 16.0 Å². The lowest BCUT2D eigenvalue weighted by molar-refractivity contribution is -0.150. The highest BCUT2D eigenvalue weighted by Gasteiger charge is 2.38. The summed E-state index contributed by atoms with van der Waals surface area (Å²) in [5, 5.41) is 25.9. The van der Waals surface area contributed by atoms with Gasteiger partial charge in [-0.05, 0) is 32.2 Å². The number of likely N-dealkylation sites (tertiary alicyclic amines) is 1. The Morgan fingerprint density at radius 1 is 1.11 bits per heavy atom. The van der Waals surface area contributed by atoms with Crippen molar-refractivity contribution in [3.63, 3.8) is 0 Å². The number of amides is 3. The van der Waals surface area contributed by atoms with Crippen LogP contribution in [0.2, 0.25) is 0 Å². The van der Waals surface area contributed by atoms with Crippen LogP contribution in [0.3, 0.4) is 0 Å². The standard InChI is InChI=1S/C16H24N4O7/c21-12(8-18-14(24)9-3-1-5-17-9)19-10(7-13(22)23)15(25)20-6-2-4-11(20)16(26)27/h9-11,17H,1-8H2,(H,18,24)(H,19,21)(H,22,23)(H,26,27). The van der Waals surface area contributed by atoms with Gasteiger partial charge in [0.1, 0.15) is 12.1 Å². The SMILES string of the molecule is O=C(O)CC(NC(=O)CNC(=O)C1CCCN1)C(=O)N1CCCC1C(=O)O. The highest BCUT2D eigenvalue weighted by atomic mass is 16.4. The van der Waals surface area contributed by atoms with Gasteiger partial charge in [0.15, 0.2) is 0 Å². The van der Waals surface area contributed by atoms with Crippen molar-refractivity contribution >= 4 is 29.7 Å². The summed E-state index contributed by atoms with van der Waals surface area (Å²) < 4.78 is 0. The van der Waals surface area contributed by atoms with Gasteiger partial charge in [0.25, 0.3) is 0 Å². The Bertz CT molecular complexity index is 618. The molecule has 0 aromatic rings. The van der Waals surface area contributed by atoms with Gasteiger partial charge in [0, 0.05) is 6.54 Å². The van der Waals surface area contributed by atoms with Crippen molar-refractivity contribution in [1.82, 2.24) is 20.9 Å². The maximum atomic E-state index is 12.6. The number of carboxylic acid groups (broad SMARTS) is 2. The number of aliphatic carboxylic acids is 2. The van der Waals surface area contributed by atoms with Crippen LogP contribution in [0.15, 0.2) is 0 Å². The van der Waals surface area contributed by atoms with E-state index in [1.807, 2.05) is 0 Å². The van der Waals surface area contributed by atoms with E-state index in [9.17, 15) is 29.1 Å². The third-order valence-corrected chi connectivity index (χ3v) is 4.63. The monoisotopic (exact) mass is 384 g/mol. The number of carboxylic acids is 2. The summed E-state index contributed by atoms with van der Waals surface area (Å²) in [6, 6.07) is -2.79. The molecule has 0 saturated carbocycles. The van der Waals surface area contributed by atoms with Crippen LogP contribution in [-0.4, -0.2) is 82.5 Å². The summed E-state index contributed by atoms with van der Waals surface area (Å²) in [6.07, 6.45) is 1.62. The molecular formula is C16H24N4O7. The smallest absolute Gasteiger partial charge is 0.326 e. The van der Waals surface area contributed by atoms with Crippen molar-refractivity contribution in [3.8, 4) is 0 Å². The fourth-order valence-electron chi connectivity index (χ4n) is 3.31. The molecule has 2 saturated heterocycles. The molecule has 2 rings (SSSR count). The highest BCUT2D eigenvalue weighted by molar-refractivity contribution is 5.94.